The van der Waals surface area contributed by atoms with Gasteiger partial charge in [-0.1, -0.05) is 17.7 Å². The zero-order valence-corrected chi connectivity index (χ0v) is 9.73. The van der Waals surface area contributed by atoms with Crippen LogP contribution in [0.4, 0.5) is 10.5 Å². The molecule has 0 radical (unpaired) electrons. The van der Waals surface area contributed by atoms with Crippen LogP contribution in [0.5, 0.6) is 0 Å². The molecular formula is C12H18N2O2. The SMILES string of the molecule is CCN(CCO)C(=O)Nc1ccc(C)cc1. The van der Waals surface area contributed by atoms with Crippen LogP contribution >= 0.6 is 0 Å². The summed E-state index contributed by atoms with van der Waals surface area (Å²) in [6.45, 7) is 4.79. The number of aliphatic hydroxyl groups excluding tert-OH is 1. The summed E-state index contributed by atoms with van der Waals surface area (Å²) in [5.41, 5.74) is 1.92. The first-order valence-electron chi connectivity index (χ1n) is 5.40. The number of carbonyl (C=O) groups is 1. The highest BCUT2D eigenvalue weighted by Crippen LogP contribution is 2.09. The summed E-state index contributed by atoms with van der Waals surface area (Å²) in [5, 5.41) is 11.6. The number of likely N-dealkylation sites (N-methyl/N-ethyl adjacent to an activating group) is 1. The number of benzene rings is 1. The van der Waals surface area contributed by atoms with E-state index >= 15 is 0 Å². The predicted octanol–water partition coefficient (Wildman–Crippen LogP) is 1.84. The molecule has 0 aliphatic heterocycles. The third-order valence-electron chi connectivity index (χ3n) is 2.34. The quantitative estimate of drug-likeness (QED) is 0.816. The molecule has 0 heterocycles. The molecule has 0 saturated carbocycles. The van der Waals surface area contributed by atoms with E-state index in [2.05, 4.69) is 5.32 Å². The molecule has 16 heavy (non-hydrogen) atoms. The van der Waals surface area contributed by atoms with E-state index in [-0.39, 0.29) is 12.6 Å². The third-order valence-corrected chi connectivity index (χ3v) is 2.34. The van der Waals surface area contributed by atoms with Gasteiger partial charge < -0.3 is 15.3 Å². The number of amides is 2. The molecule has 0 aliphatic rings. The zero-order valence-electron chi connectivity index (χ0n) is 9.73. The average molecular weight is 222 g/mol. The summed E-state index contributed by atoms with van der Waals surface area (Å²) in [6.07, 6.45) is 0. The molecule has 0 unspecified atom stereocenters. The highest BCUT2D eigenvalue weighted by Gasteiger charge is 2.10. The molecule has 1 aromatic carbocycles. The minimum absolute atomic E-state index is 0.0187. The number of nitrogens with zero attached hydrogens (tertiary/aromatic N) is 1. The van der Waals surface area contributed by atoms with Gasteiger partial charge in [0.1, 0.15) is 0 Å². The smallest absolute Gasteiger partial charge is 0.321 e. The van der Waals surface area contributed by atoms with Crippen molar-refractivity contribution in [1.29, 1.82) is 0 Å². The van der Waals surface area contributed by atoms with E-state index in [4.69, 9.17) is 5.11 Å². The average Bonchev–Trinajstić information content (AvgIpc) is 2.29. The first kappa shape index (κ1) is 12.5. The van der Waals surface area contributed by atoms with Crippen LogP contribution < -0.4 is 5.32 Å². The molecule has 1 aromatic rings. The Morgan fingerprint density at radius 1 is 1.38 bits per heavy atom. The fraction of sp³-hybridized carbons (Fsp3) is 0.417. The largest absolute Gasteiger partial charge is 0.395 e. The van der Waals surface area contributed by atoms with Crippen LogP contribution in [0.15, 0.2) is 24.3 Å². The summed E-state index contributed by atoms with van der Waals surface area (Å²) in [7, 11) is 0. The van der Waals surface area contributed by atoms with E-state index in [9.17, 15) is 4.79 Å². The molecule has 0 atom stereocenters. The number of carbonyl (C=O) groups excluding carboxylic acids is 1. The number of anilines is 1. The van der Waals surface area contributed by atoms with Gasteiger partial charge in [-0.15, -0.1) is 0 Å². The van der Waals surface area contributed by atoms with Crippen LogP contribution in [0.3, 0.4) is 0 Å². The number of nitrogens with one attached hydrogen (secondary N) is 1. The molecule has 4 heteroatoms. The lowest BCUT2D eigenvalue weighted by Crippen LogP contribution is -2.36. The second-order valence-electron chi connectivity index (χ2n) is 3.60. The van der Waals surface area contributed by atoms with Crippen LogP contribution in [0, 0.1) is 6.92 Å². The van der Waals surface area contributed by atoms with Gasteiger partial charge in [-0.3, -0.25) is 0 Å². The topological polar surface area (TPSA) is 52.6 Å². The monoisotopic (exact) mass is 222 g/mol. The van der Waals surface area contributed by atoms with Crippen molar-refractivity contribution in [3.05, 3.63) is 29.8 Å². The summed E-state index contributed by atoms with van der Waals surface area (Å²) in [5.74, 6) is 0. The fourth-order valence-corrected chi connectivity index (χ4v) is 1.36. The van der Waals surface area contributed by atoms with Gasteiger partial charge in [0, 0.05) is 18.8 Å². The Labute approximate surface area is 95.9 Å². The minimum atomic E-state index is -0.180. The first-order chi connectivity index (χ1) is 7.67. The van der Waals surface area contributed by atoms with Crippen molar-refractivity contribution in [3.8, 4) is 0 Å². The number of urea groups is 1. The maximum Gasteiger partial charge on any atom is 0.321 e. The fourth-order valence-electron chi connectivity index (χ4n) is 1.36. The Balaban J connectivity index is 2.59. The van der Waals surface area contributed by atoms with Crippen molar-refractivity contribution in [1.82, 2.24) is 4.90 Å². The molecule has 0 aromatic heterocycles. The molecule has 4 nitrogen and oxygen atoms in total. The molecule has 1 rings (SSSR count). The molecule has 0 fully saturated rings. The Kier molecular flexibility index (Phi) is 4.79. The number of rotatable bonds is 4. The number of hydrogen-bond donors (Lipinski definition) is 2. The second-order valence-corrected chi connectivity index (χ2v) is 3.60. The number of aryl methyl sites for hydroxylation is 1. The summed E-state index contributed by atoms with van der Waals surface area (Å²) >= 11 is 0. The zero-order chi connectivity index (χ0) is 12.0. The van der Waals surface area contributed by atoms with Gasteiger partial charge >= 0.3 is 6.03 Å². The molecule has 0 bridgehead atoms. The van der Waals surface area contributed by atoms with Gasteiger partial charge in [0.05, 0.1) is 6.61 Å². The summed E-state index contributed by atoms with van der Waals surface area (Å²) in [4.78, 5) is 13.3. The van der Waals surface area contributed by atoms with Crippen LogP contribution in [0.1, 0.15) is 12.5 Å². The van der Waals surface area contributed by atoms with Gasteiger partial charge in [-0.25, -0.2) is 4.79 Å². The lowest BCUT2D eigenvalue weighted by molar-refractivity contribution is 0.192. The molecule has 0 spiro atoms. The Bertz CT molecular complexity index is 335. The van der Waals surface area contributed by atoms with E-state index in [1.54, 1.807) is 4.90 Å². The van der Waals surface area contributed by atoms with Gasteiger partial charge in [0.15, 0.2) is 0 Å². The molecule has 0 aliphatic carbocycles. The maximum atomic E-state index is 11.7. The Hall–Kier alpha value is -1.55. The van der Waals surface area contributed by atoms with Gasteiger partial charge in [0.2, 0.25) is 0 Å². The summed E-state index contributed by atoms with van der Waals surface area (Å²) < 4.78 is 0. The molecular weight excluding hydrogens is 204 g/mol. The molecule has 2 N–H and O–H groups in total. The van der Waals surface area contributed by atoms with E-state index in [0.717, 1.165) is 11.3 Å². The second kappa shape index (κ2) is 6.12. The molecule has 2 amide bonds. The van der Waals surface area contributed by atoms with Crippen molar-refractivity contribution < 1.29 is 9.90 Å². The summed E-state index contributed by atoms with van der Waals surface area (Å²) in [6, 6.07) is 7.43. The van der Waals surface area contributed by atoms with Crippen molar-refractivity contribution in [3.63, 3.8) is 0 Å². The van der Waals surface area contributed by atoms with E-state index in [1.807, 2.05) is 38.1 Å². The van der Waals surface area contributed by atoms with Crippen molar-refractivity contribution in [2.24, 2.45) is 0 Å². The van der Waals surface area contributed by atoms with E-state index < -0.39 is 0 Å². The van der Waals surface area contributed by atoms with Gasteiger partial charge in [-0.05, 0) is 26.0 Å². The lowest BCUT2D eigenvalue weighted by Gasteiger charge is -2.20. The van der Waals surface area contributed by atoms with Crippen LogP contribution in [0.25, 0.3) is 0 Å². The predicted molar refractivity (Wildman–Crippen MR) is 64.5 cm³/mol. The van der Waals surface area contributed by atoms with Crippen molar-refractivity contribution in [2.45, 2.75) is 13.8 Å². The van der Waals surface area contributed by atoms with Gasteiger partial charge in [0.25, 0.3) is 0 Å². The molecule has 88 valence electrons. The lowest BCUT2D eigenvalue weighted by atomic mass is 10.2. The van der Waals surface area contributed by atoms with Crippen LogP contribution in [0.2, 0.25) is 0 Å². The first-order valence-corrected chi connectivity index (χ1v) is 5.40. The standard InChI is InChI=1S/C12H18N2O2/c1-3-14(8-9-15)12(16)13-11-6-4-10(2)5-7-11/h4-7,15H,3,8-9H2,1-2H3,(H,13,16). The number of hydrogen-bond acceptors (Lipinski definition) is 2. The van der Waals surface area contributed by atoms with E-state index in [0.29, 0.717) is 13.1 Å². The number of aliphatic hydroxyl groups is 1. The Morgan fingerprint density at radius 3 is 2.50 bits per heavy atom. The highest BCUT2D eigenvalue weighted by atomic mass is 16.3. The minimum Gasteiger partial charge on any atom is -0.395 e. The van der Waals surface area contributed by atoms with Crippen LogP contribution in [-0.2, 0) is 0 Å². The normalized spacial score (nSPS) is 9.94. The maximum absolute atomic E-state index is 11.7. The Morgan fingerprint density at radius 2 is 2.00 bits per heavy atom. The van der Waals surface area contributed by atoms with Crippen LogP contribution in [-0.4, -0.2) is 35.7 Å². The molecule has 0 saturated heterocycles. The van der Waals surface area contributed by atoms with E-state index in [1.165, 1.54) is 0 Å². The van der Waals surface area contributed by atoms with Gasteiger partial charge in [-0.2, -0.15) is 0 Å². The van der Waals surface area contributed by atoms with Crippen molar-refractivity contribution >= 4 is 11.7 Å². The highest BCUT2D eigenvalue weighted by molar-refractivity contribution is 5.89. The van der Waals surface area contributed by atoms with Crippen molar-refractivity contribution in [2.75, 3.05) is 25.0 Å². The third kappa shape index (κ3) is 3.55.